The molecule has 0 bridgehead atoms. The zero-order valence-electron chi connectivity index (χ0n) is 15.2. The van der Waals surface area contributed by atoms with Gasteiger partial charge in [-0.2, -0.15) is 0 Å². The molecule has 1 aromatic rings. The van der Waals surface area contributed by atoms with Crippen molar-refractivity contribution in [2.24, 2.45) is 0 Å². The van der Waals surface area contributed by atoms with Crippen LogP contribution in [0.25, 0.3) is 0 Å². The molecule has 1 aromatic carbocycles. The van der Waals surface area contributed by atoms with Gasteiger partial charge in [0.25, 0.3) is 0 Å². The number of rotatable bonds is 9. The zero-order valence-corrected chi connectivity index (χ0v) is 16.0. The third-order valence-corrected chi connectivity index (χ3v) is 5.64. The van der Waals surface area contributed by atoms with Crippen LogP contribution in [0.15, 0.2) is 34.7 Å². The molecule has 1 aliphatic rings. The number of nitrogens with one attached hydrogen (secondary N) is 2. The molecule has 0 radical (unpaired) electrons. The number of methoxy groups -OCH3 is 2. The lowest BCUT2D eigenvalue weighted by molar-refractivity contribution is -0.119. The van der Waals surface area contributed by atoms with E-state index in [4.69, 9.17) is 9.47 Å². The molecule has 0 unspecified atom stereocenters. The fourth-order valence-corrected chi connectivity index (χ4v) is 3.78. The molecule has 0 spiro atoms. The molecule has 0 aromatic heterocycles. The van der Waals surface area contributed by atoms with Crippen molar-refractivity contribution in [3.05, 3.63) is 29.8 Å². The summed E-state index contributed by atoms with van der Waals surface area (Å²) in [6, 6.07) is 4.26. The Kier molecular flexibility index (Phi) is 7.47. The maximum atomic E-state index is 12.3. The second kappa shape index (κ2) is 9.59. The molecule has 0 atom stereocenters. The van der Waals surface area contributed by atoms with Gasteiger partial charge in [-0.15, -0.1) is 0 Å². The summed E-state index contributed by atoms with van der Waals surface area (Å²) in [6.07, 6.45) is 7.67. The third-order valence-electron chi connectivity index (χ3n) is 4.24. The first-order chi connectivity index (χ1) is 12.5. The molecule has 2 rings (SSSR count). The van der Waals surface area contributed by atoms with Crippen molar-refractivity contribution in [2.75, 3.05) is 27.3 Å². The van der Waals surface area contributed by atoms with Gasteiger partial charge in [0, 0.05) is 12.6 Å². The molecular formula is C18H26N2O5S. The van der Waals surface area contributed by atoms with Gasteiger partial charge >= 0.3 is 0 Å². The summed E-state index contributed by atoms with van der Waals surface area (Å²) in [6.45, 7) is 0.207. The highest BCUT2D eigenvalue weighted by molar-refractivity contribution is 7.89. The first-order valence-electron chi connectivity index (χ1n) is 8.62. The highest BCUT2D eigenvalue weighted by Crippen LogP contribution is 2.29. The quantitative estimate of drug-likeness (QED) is 0.637. The molecule has 1 aliphatic carbocycles. The van der Waals surface area contributed by atoms with Crippen LogP contribution in [0.5, 0.6) is 11.5 Å². The van der Waals surface area contributed by atoms with Gasteiger partial charge in [0.15, 0.2) is 11.5 Å². The number of ether oxygens (including phenoxy) is 2. The van der Waals surface area contributed by atoms with E-state index in [-0.39, 0.29) is 17.3 Å². The minimum Gasteiger partial charge on any atom is -0.493 e. The third kappa shape index (κ3) is 5.74. The minimum atomic E-state index is -3.82. The van der Waals surface area contributed by atoms with Gasteiger partial charge in [-0.1, -0.05) is 11.6 Å². The van der Waals surface area contributed by atoms with E-state index < -0.39 is 10.0 Å². The first kappa shape index (κ1) is 20.3. The Hall–Kier alpha value is -2.06. The first-order valence-corrected chi connectivity index (χ1v) is 10.1. The summed E-state index contributed by atoms with van der Waals surface area (Å²) in [4.78, 5) is 11.9. The van der Waals surface area contributed by atoms with Gasteiger partial charge in [0.1, 0.15) is 0 Å². The summed E-state index contributed by atoms with van der Waals surface area (Å²) in [5, 5.41) is 2.74. The number of allylic oxidation sites excluding steroid dienone is 1. The Morgan fingerprint density at radius 1 is 1.15 bits per heavy atom. The number of hydrogen-bond donors (Lipinski definition) is 2. The van der Waals surface area contributed by atoms with E-state index >= 15 is 0 Å². The normalized spacial score (nSPS) is 14.5. The van der Waals surface area contributed by atoms with E-state index in [2.05, 4.69) is 16.1 Å². The van der Waals surface area contributed by atoms with E-state index in [1.54, 1.807) is 0 Å². The molecule has 144 valence electrons. The standard InChI is InChI=1S/C18H26N2O5S/c1-24-16-9-8-15(12-17(16)25-2)26(22,23)20-13-18(21)19-11-10-14-6-4-3-5-7-14/h6,8-9,12,20H,3-5,7,10-11,13H2,1-2H3,(H,19,21). The molecule has 1 amide bonds. The SMILES string of the molecule is COc1ccc(S(=O)(=O)NCC(=O)NCCC2=CCCCC2)cc1OC. The Morgan fingerprint density at radius 2 is 1.92 bits per heavy atom. The van der Waals surface area contributed by atoms with Crippen LogP contribution in [0.2, 0.25) is 0 Å². The van der Waals surface area contributed by atoms with E-state index in [1.165, 1.54) is 50.8 Å². The van der Waals surface area contributed by atoms with E-state index in [1.807, 2.05) is 0 Å². The predicted octanol–water partition coefficient (Wildman–Crippen LogP) is 1.99. The maximum absolute atomic E-state index is 12.3. The maximum Gasteiger partial charge on any atom is 0.241 e. The number of hydrogen-bond acceptors (Lipinski definition) is 5. The summed E-state index contributed by atoms with van der Waals surface area (Å²) in [5.74, 6) is 0.382. The minimum absolute atomic E-state index is 0.00955. The molecule has 0 aliphatic heterocycles. The number of carbonyl (C=O) groups is 1. The van der Waals surface area contributed by atoms with Gasteiger partial charge in [-0.05, 0) is 44.2 Å². The highest BCUT2D eigenvalue weighted by Gasteiger charge is 2.18. The van der Waals surface area contributed by atoms with Crippen LogP contribution in [0.1, 0.15) is 32.1 Å². The molecule has 7 nitrogen and oxygen atoms in total. The summed E-state index contributed by atoms with van der Waals surface area (Å²) >= 11 is 0. The Bertz CT molecular complexity index is 759. The topological polar surface area (TPSA) is 93.7 Å². The molecule has 2 N–H and O–H groups in total. The molecule has 0 heterocycles. The van der Waals surface area contributed by atoms with Crippen molar-refractivity contribution < 1.29 is 22.7 Å². The van der Waals surface area contributed by atoms with Gasteiger partial charge < -0.3 is 14.8 Å². The number of benzene rings is 1. The van der Waals surface area contributed by atoms with Crippen molar-refractivity contribution in [1.82, 2.24) is 10.0 Å². The Balaban J connectivity index is 1.85. The van der Waals surface area contributed by atoms with Gasteiger partial charge in [-0.3, -0.25) is 4.79 Å². The lowest BCUT2D eigenvalue weighted by atomic mass is 9.97. The molecule has 0 fully saturated rings. The van der Waals surface area contributed by atoms with Crippen LogP contribution in [-0.4, -0.2) is 41.6 Å². The smallest absolute Gasteiger partial charge is 0.241 e. The zero-order chi connectivity index (χ0) is 19.0. The van der Waals surface area contributed by atoms with E-state index in [0.29, 0.717) is 18.0 Å². The largest absolute Gasteiger partial charge is 0.493 e. The highest BCUT2D eigenvalue weighted by atomic mass is 32.2. The second-order valence-electron chi connectivity index (χ2n) is 6.05. The number of carbonyl (C=O) groups excluding carboxylic acids is 1. The Labute approximate surface area is 154 Å². The van der Waals surface area contributed by atoms with Crippen molar-refractivity contribution in [2.45, 2.75) is 37.0 Å². The van der Waals surface area contributed by atoms with Gasteiger partial charge in [0.05, 0.1) is 25.7 Å². The van der Waals surface area contributed by atoms with Crippen LogP contribution in [0, 0.1) is 0 Å². The van der Waals surface area contributed by atoms with Crippen molar-refractivity contribution in [1.29, 1.82) is 0 Å². The van der Waals surface area contributed by atoms with Crippen molar-refractivity contribution in [3.8, 4) is 11.5 Å². The van der Waals surface area contributed by atoms with Crippen LogP contribution in [-0.2, 0) is 14.8 Å². The molecule has 8 heteroatoms. The molecule has 0 saturated carbocycles. The molecular weight excluding hydrogens is 356 g/mol. The molecule has 26 heavy (non-hydrogen) atoms. The van der Waals surface area contributed by atoms with E-state index in [0.717, 1.165) is 19.3 Å². The van der Waals surface area contributed by atoms with E-state index in [9.17, 15) is 13.2 Å². The van der Waals surface area contributed by atoms with Crippen molar-refractivity contribution in [3.63, 3.8) is 0 Å². The van der Waals surface area contributed by atoms with Crippen LogP contribution < -0.4 is 19.5 Å². The average molecular weight is 382 g/mol. The second-order valence-corrected chi connectivity index (χ2v) is 7.82. The summed E-state index contributed by atoms with van der Waals surface area (Å²) < 4.78 is 37.2. The molecule has 0 saturated heterocycles. The van der Waals surface area contributed by atoms with Gasteiger partial charge in [0.2, 0.25) is 15.9 Å². The average Bonchev–Trinajstić information content (AvgIpc) is 2.66. The summed E-state index contributed by atoms with van der Waals surface area (Å²) in [7, 11) is -0.919. The predicted molar refractivity (Wildman–Crippen MR) is 98.9 cm³/mol. The number of amides is 1. The van der Waals surface area contributed by atoms with Crippen LogP contribution >= 0.6 is 0 Å². The van der Waals surface area contributed by atoms with Crippen LogP contribution in [0.3, 0.4) is 0 Å². The van der Waals surface area contributed by atoms with Crippen molar-refractivity contribution >= 4 is 15.9 Å². The Morgan fingerprint density at radius 3 is 2.58 bits per heavy atom. The lowest BCUT2D eigenvalue weighted by Crippen LogP contribution is -2.37. The van der Waals surface area contributed by atoms with Gasteiger partial charge in [-0.25, -0.2) is 13.1 Å². The monoisotopic (exact) mass is 382 g/mol. The van der Waals surface area contributed by atoms with Crippen LogP contribution in [0.4, 0.5) is 0 Å². The number of sulfonamides is 1. The fourth-order valence-electron chi connectivity index (χ4n) is 2.78. The fraction of sp³-hybridized carbons (Fsp3) is 0.500. The lowest BCUT2D eigenvalue weighted by Gasteiger charge is -2.13. The summed E-state index contributed by atoms with van der Waals surface area (Å²) in [5.41, 5.74) is 1.36.